The van der Waals surface area contributed by atoms with Gasteiger partial charge >= 0.3 is 12.1 Å². The molecule has 0 saturated carbocycles. The van der Waals surface area contributed by atoms with Crippen LogP contribution in [0.25, 0.3) is 0 Å². The van der Waals surface area contributed by atoms with Crippen molar-refractivity contribution in [2.24, 2.45) is 5.73 Å². The second-order valence-corrected chi connectivity index (χ2v) is 7.57. The zero-order chi connectivity index (χ0) is 23.2. The number of nitrogens with zero attached hydrogens (tertiary/aromatic N) is 5. The Morgan fingerprint density at radius 1 is 1.16 bits per heavy atom. The molecule has 2 aliphatic heterocycles. The number of aromatic nitrogens is 3. The van der Waals surface area contributed by atoms with E-state index in [0.717, 1.165) is 9.80 Å². The van der Waals surface area contributed by atoms with E-state index in [9.17, 15) is 40.3 Å². The highest BCUT2D eigenvalue weighted by atomic mass is 19.4. The van der Waals surface area contributed by atoms with Crippen molar-refractivity contribution in [1.82, 2.24) is 24.6 Å². The maximum atomic E-state index is 13.6. The van der Waals surface area contributed by atoms with Gasteiger partial charge in [0.05, 0.1) is 13.1 Å². The second kappa shape index (κ2) is 7.91. The van der Waals surface area contributed by atoms with Crippen LogP contribution < -0.4 is 5.73 Å². The van der Waals surface area contributed by atoms with Crippen LogP contribution in [0.4, 0.5) is 30.7 Å². The normalized spacial score (nSPS) is 20.6. The van der Waals surface area contributed by atoms with E-state index in [1.807, 2.05) is 0 Å². The Kier molecular flexibility index (Phi) is 5.92. The molecule has 0 radical (unpaired) electrons. The highest BCUT2D eigenvalue weighted by Gasteiger charge is 2.62. The average molecular weight is 460 g/mol. The van der Waals surface area contributed by atoms with Gasteiger partial charge in [-0.05, 0) is 0 Å². The van der Waals surface area contributed by atoms with E-state index in [4.69, 9.17) is 5.73 Å². The molecular weight excluding hydrogens is 441 g/mol. The fraction of sp³-hybridized carbons (Fsp3) is 0.750. The van der Waals surface area contributed by atoms with Crippen LogP contribution in [0.15, 0.2) is 0 Å². The molecule has 2 N–H and O–H groups in total. The van der Waals surface area contributed by atoms with Crippen LogP contribution in [0.5, 0.6) is 0 Å². The van der Waals surface area contributed by atoms with E-state index in [-0.39, 0.29) is 44.8 Å². The summed E-state index contributed by atoms with van der Waals surface area (Å²) in [6.07, 6.45) is -7.07. The maximum absolute atomic E-state index is 13.6. The summed E-state index contributed by atoms with van der Waals surface area (Å²) in [4.78, 5) is 26.3. The lowest BCUT2D eigenvalue weighted by Crippen LogP contribution is -2.51. The predicted molar refractivity (Wildman–Crippen MR) is 88.7 cm³/mol. The third kappa shape index (κ3) is 4.75. The molecule has 15 heteroatoms. The van der Waals surface area contributed by atoms with E-state index in [0.29, 0.717) is 4.57 Å². The number of halogens is 7. The number of carbonyl (C=O) groups is 2. The molecule has 1 atom stereocenters. The first-order valence-electron chi connectivity index (χ1n) is 9.27. The van der Waals surface area contributed by atoms with Crippen molar-refractivity contribution in [2.45, 2.75) is 56.4 Å². The Labute approximate surface area is 171 Å². The van der Waals surface area contributed by atoms with E-state index in [1.165, 1.54) is 0 Å². The van der Waals surface area contributed by atoms with Crippen molar-refractivity contribution >= 4 is 11.8 Å². The Morgan fingerprint density at radius 3 is 2.48 bits per heavy atom. The van der Waals surface area contributed by atoms with Crippen LogP contribution in [0.3, 0.4) is 0 Å². The molecular formula is C16H19F7N6O2. The monoisotopic (exact) mass is 460 g/mol. The number of rotatable bonds is 5. The first kappa shape index (κ1) is 23.2. The van der Waals surface area contributed by atoms with Gasteiger partial charge in [-0.25, -0.2) is 8.78 Å². The molecule has 0 aliphatic carbocycles. The van der Waals surface area contributed by atoms with Gasteiger partial charge in [0.1, 0.15) is 0 Å². The molecule has 2 aliphatic rings. The molecule has 2 amide bonds. The Hall–Kier alpha value is -2.45. The lowest BCUT2D eigenvalue weighted by atomic mass is 10.0. The summed E-state index contributed by atoms with van der Waals surface area (Å²) >= 11 is 0. The summed E-state index contributed by atoms with van der Waals surface area (Å²) in [5, 5.41) is 6.29. The minimum Gasteiger partial charge on any atom is -0.335 e. The van der Waals surface area contributed by atoms with Gasteiger partial charge in [-0.1, -0.05) is 0 Å². The van der Waals surface area contributed by atoms with Crippen molar-refractivity contribution < 1.29 is 40.3 Å². The largest absolute Gasteiger partial charge is 0.461 e. The van der Waals surface area contributed by atoms with Crippen molar-refractivity contribution in [3.63, 3.8) is 0 Å². The summed E-state index contributed by atoms with van der Waals surface area (Å²) in [5.74, 6) is -11.1. The number of piperidine rings is 1. The van der Waals surface area contributed by atoms with Gasteiger partial charge in [-0.3, -0.25) is 9.59 Å². The number of alkyl halides is 7. The van der Waals surface area contributed by atoms with E-state index < -0.39 is 54.7 Å². The molecule has 0 unspecified atom stereocenters. The third-order valence-electron chi connectivity index (χ3n) is 5.11. The zero-order valence-electron chi connectivity index (χ0n) is 16.0. The molecule has 3 heterocycles. The topological polar surface area (TPSA) is 97.3 Å². The van der Waals surface area contributed by atoms with E-state index in [1.54, 1.807) is 0 Å². The maximum Gasteiger partial charge on any atom is 0.461 e. The Bertz CT molecular complexity index is 856. The first-order valence-corrected chi connectivity index (χ1v) is 9.27. The SMILES string of the molecule is N[C@H](CC(=O)N1CCn2c(nnc2C(F)(F)C(F)(F)F)C1)CN1CC(F)(F)CCC1=O. The van der Waals surface area contributed by atoms with Gasteiger partial charge in [0.25, 0.3) is 5.92 Å². The minimum absolute atomic E-state index is 0.196. The molecule has 1 saturated heterocycles. The molecule has 1 aromatic rings. The van der Waals surface area contributed by atoms with Crippen molar-refractivity contribution in [2.75, 3.05) is 19.6 Å². The summed E-state index contributed by atoms with van der Waals surface area (Å²) in [7, 11) is 0. The first-order chi connectivity index (χ1) is 14.2. The fourth-order valence-corrected chi connectivity index (χ4v) is 3.49. The second-order valence-electron chi connectivity index (χ2n) is 7.57. The van der Waals surface area contributed by atoms with E-state index in [2.05, 4.69) is 10.2 Å². The number of likely N-dealkylation sites (tertiary alicyclic amines) is 1. The molecule has 174 valence electrons. The van der Waals surface area contributed by atoms with Gasteiger partial charge < -0.3 is 20.1 Å². The van der Waals surface area contributed by atoms with Gasteiger partial charge in [0.2, 0.25) is 17.6 Å². The molecule has 8 nitrogen and oxygen atoms in total. The summed E-state index contributed by atoms with van der Waals surface area (Å²) in [6, 6.07) is -0.963. The summed E-state index contributed by atoms with van der Waals surface area (Å²) in [5.41, 5.74) is 5.82. The smallest absolute Gasteiger partial charge is 0.335 e. The van der Waals surface area contributed by atoms with Crippen LogP contribution in [0, 0.1) is 0 Å². The Balaban J connectivity index is 1.61. The molecule has 1 aromatic heterocycles. The lowest BCUT2D eigenvalue weighted by molar-refractivity contribution is -0.293. The fourth-order valence-electron chi connectivity index (χ4n) is 3.49. The zero-order valence-corrected chi connectivity index (χ0v) is 16.0. The third-order valence-corrected chi connectivity index (χ3v) is 5.11. The summed E-state index contributed by atoms with van der Waals surface area (Å²) < 4.78 is 92.6. The van der Waals surface area contributed by atoms with Gasteiger partial charge in [0, 0.05) is 44.9 Å². The standard InChI is InChI=1S/C16H19F7N6O2/c17-14(18)2-1-11(30)28(8-14)6-9(24)5-12(31)27-3-4-29-10(7-27)25-26-13(29)15(19,20)16(21,22)23/h9H,1-8,24H2/t9-/m1/s1. The number of carbonyl (C=O) groups excluding carboxylic acids is 2. The van der Waals surface area contributed by atoms with Crippen LogP contribution >= 0.6 is 0 Å². The highest BCUT2D eigenvalue weighted by molar-refractivity contribution is 5.78. The lowest BCUT2D eigenvalue weighted by Gasteiger charge is -2.34. The van der Waals surface area contributed by atoms with Crippen LogP contribution in [0.1, 0.15) is 30.9 Å². The van der Waals surface area contributed by atoms with Crippen molar-refractivity contribution in [3.05, 3.63) is 11.6 Å². The average Bonchev–Trinajstić information content (AvgIpc) is 3.07. The quantitative estimate of drug-likeness (QED) is 0.668. The molecule has 0 spiro atoms. The van der Waals surface area contributed by atoms with Crippen molar-refractivity contribution in [1.29, 1.82) is 0 Å². The number of hydrogen-bond acceptors (Lipinski definition) is 5. The number of fused-ring (bicyclic) bond motifs is 1. The number of hydrogen-bond donors (Lipinski definition) is 1. The number of nitrogens with two attached hydrogens (primary N) is 1. The van der Waals surface area contributed by atoms with Gasteiger partial charge in [-0.15, -0.1) is 10.2 Å². The molecule has 1 fully saturated rings. The highest BCUT2D eigenvalue weighted by Crippen LogP contribution is 2.43. The summed E-state index contributed by atoms with van der Waals surface area (Å²) in [6.45, 7) is -2.02. The van der Waals surface area contributed by atoms with Gasteiger partial charge in [0.15, 0.2) is 5.82 Å². The van der Waals surface area contributed by atoms with Crippen LogP contribution in [0.2, 0.25) is 0 Å². The molecule has 31 heavy (non-hydrogen) atoms. The van der Waals surface area contributed by atoms with Gasteiger partial charge in [-0.2, -0.15) is 22.0 Å². The molecule has 0 bridgehead atoms. The van der Waals surface area contributed by atoms with E-state index >= 15 is 0 Å². The molecule has 0 aromatic carbocycles. The van der Waals surface area contributed by atoms with Crippen molar-refractivity contribution in [3.8, 4) is 0 Å². The minimum atomic E-state index is -5.85. The predicted octanol–water partition coefficient (Wildman–Crippen LogP) is 1.25. The molecule has 3 rings (SSSR count). The Morgan fingerprint density at radius 2 is 1.84 bits per heavy atom. The number of amides is 2. The van der Waals surface area contributed by atoms with Crippen LogP contribution in [-0.2, 0) is 28.6 Å². The van der Waals surface area contributed by atoms with Crippen LogP contribution in [-0.4, -0.2) is 74.2 Å².